The lowest BCUT2D eigenvalue weighted by Gasteiger charge is -2.16. The van der Waals surface area contributed by atoms with Crippen LogP contribution in [-0.2, 0) is 26.0 Å². The van der Waals surface area contributed by atoms with Crippen molar-refractivity contribution in [2.45, 2.75) is 40.6 Å². The second-order valence-electron chi connectivity index (χ2n) is 7.31. The van der Waals surface area contributed by atoms with Crippen LogP contribution in [0, 0.1) is 12.3 Å². The van der Waals surface area contributed by atoms with E-state index in [2.05, 4.69) is 0 Å². The molecule has 0 saturated heterocycles. The molecule has 0 aliphatic heterocycles. The molecule has 0 fully saturated rings. The number of aliphatic carboxylic acids is 1. The maximum Gasteiger partial charge on any atom is 0.332 e. The standard InChI is InChI=1S/C23H24N2O5S3/c1-13-6-4-8-16(12-30-14(2)22(26)27)20(13)15-7-5-9-17(10-15)33(28,29)19-11-18(21(24)25)32-23(19)31-3/h4-11,14H,12H2,1-3H3,(H3,24,25)(H,26,27). The predicted octanol–water partition coefficient (Wildman–Crippen LogP) is 4.55. The van der Waals surface area contributed by atoms with Gasteiger partial charge in [0.2, 0.25) is 9.84 Å². The Balaban J connectivity index is 2.07. The van der Waals surface area contributed by atoms with Crippen molar-refractivity contribution in [3.63, 3.8) is 0 Å². The lowest BCUT2D eigenvalue weighted by Crippen LogP contribution is -2.19. The number of nitrogens with one attached hydrogen (secondary N) is 1. The molecule has 10 heteroatoms. The summed E-state index contributed by atoms with van der Waals surface area (Å²) in [6.45, 7) is 3.44. The number of carboxylic acids is 1. The summed E-state index contributed by atoms with van der Waals surface area (Å²) < 4.78 is 33.0. The first-order chi connectivity index (χ1) is 15.6. The van der Waals surface area contributed by atoms with Gasteiger partial charge in [0.15, 0.2) is 6.10 Å². The maximum atomic E-state index is 13.5. The van der Waals surface area contributed by atoms with E-state index < -0.39 is 21.9 Å². The Labute approximate surface area is 201 Å². The fourth-order valence-corrected chi connectivity index (χ4v) is 7.22. The summed E-state index contributed by atoms with van der Waals surface area (Å²) in [6.07, 6.45) is 0.812. The van der Waals surface area contributed by atoms with E-state index >= 15 is 0 Å². The van der Waals surface area contributed by atoms with E-state index in [1.54, 1.807) is 18.4 Å². The molecular weight excluding hydrogens is 480 g/mol. The molecule has 2 aromatic carbocycles. The molecule has 0 radical (unpaired) electrons. The van der Waals surface area contributed by atoms with Crippen LogP contribution in [0.25, 0.3) is 11.1 Å². The zero-order valence-electron chi connectivity index (χ0n) is 18.3. The largest absolute Gasteiger partial charge is 0.479 e. The molecule has 1 aromatic heterocycles. The quantitative estimate of drug-likeness (QED) is 0.221. The number of nitrogen functional groups attached to an aromatic ring is 1. The highest BCUT2D eigenvalue weighted by Gasteiger charge is 2.25. The van der Waals surface area contributed by atoms with Gasteiger partial charge in [-0.05, 0) is 60.6 Å². The first-order valence-electron chi connectivity index (χ1n) is 9.87. The number of amidine groups is 1. The van der Waals surface area contributed by atoms with Crippen LogP contribution in [0.4, 0.5) is 0 Å². The molecule has 174 valence electrons. The van der Waals surface area contributed by atoms with Gasteiger partial charge in [-0.15, -0.1) is 23.1 Å². The number of aryl methyl sites for hydroxylation is 1. The molecule has 1 heterocycles. The van der Waals surface area contributed by atoms with E-state index in [0.29, 0.717) is 14.6 Å². The number of ether oxygens (including phenoxy) is 1. The van der Waals surface area contributed by atoms with Crippen molar-refractivity contribution < 1.29 is 23.1 Å². The van der Waals surface area contributed by atoms with E-state index in [9.17, 15) is 13.2 Å². The Bertz CT molecular complexity index is 1320. The molecule has 0 spiro atoms. The van der Waals surface area contributed by atoms with Gasteiger partial charge in [0, 0.05) is 0 Å². The van der Waals surface area contributed by atoms with Crippen LogP contribution in [0.15, 0.2) is 62.5 Å². The summed E-state index contributed by atoms with van der Waals surface area (Å²) in [5, 5.41) is 16.8. The zero-order chi connectivity index (χ0) is 24.3. The number of nitrogens with two attached hydrogens (primary N) is 1. The summed E-state index contributed by atoms with van der Waals surface area (Å²) in [7, 11) is -3.86. The van der Waals surface area contributed by atoms with Crippen molar-refractivity contribution in [2.24, 2.45) is 5.73 Å². The number of thiophene rings is 1. The van der Waals surface area contributed by atoms with E-state index in [0.717, 1.165) is 16.7 Å². The molecule has 33 heavy (non-hydrogen) atoms. The monoisotopic (exact) mass is 504 g/mol. The van der Waals surface area contributed by atoms with E-state index in [4.69, 9.17) is 21.0 Å². The van der Waals surface area contributed by atoms with Gasteiger partial charge in [-0.2, -0.15) is 0 Å². The molecule has 3 rings (SSSR count). The molecule has 7 nitrogen and oxygen atoms in total. The second-order valence-corrected chi connectivity index (χ2v) is 11.4. The first-order valence-corrected chi connectivity index (χ1v) is 13.4. The number of rotatable bonds is 9. The van der Waals surface area contributed by atoms with Crippen LogP contribution in [-0.4, -0.2) is 37.7 Å². The number of carboxylic acid groups (broad SMARTS) is 1. The Morgan fingerprint density at radius 2 is 1.94 bits per heavy atom. The van der Waals surface area contributed by atoms with E-state index in [1.807, 2.05) is 31.2 Å². The average Bonchev–Trinajstić information content (AvgIpc) is 3.23. The van der Waals surface area contributed by atoms with Gasteiger partial charge >= 0.3 is 5.97 Å². The fraction of sp³-hybridized carbons (Fsp3) is 0.217. The van der Waals surface area contributed by atoms with Gasteiger partial charge in [0.25, 0.3) is 0 Å². The van der Waals surface area contributed by atoms with Crippen LogP contribution in [0.2, 0.25) is 0 Å². The van der Waals surface area contributed by atoms with Crippen LogP contribution in [0.1, 0.15) is 22.9 Å². The molecule has 3 aromatic rings. The average molecular weight is 505 g/mol. The second kappa shape index (κ2) is 10.1. The lowest BCUT2D eigenvalue weighted by molar-refractivity contribution is -0.149. The number of thioether (sulfide) groups is 1. The third-order valence-electron chi connectivity index (χ3n) is 5.04. The first kappa shape index (κ1) is 25.0. The van der Waals surface area contributed by atoms with Gasteiger partial charge < -0.3 is 15.6 Å². The Morgan fingerprint density at radius 1 is 1.24 bits per heavy atom. The summed E-state index contributed by atoms with van der Waals surface area (Å²) in [5.74, 6) is -1.23. The molecule has 0 bridgehead atoms. The maximum absolute atomic E-state index is 13.5. The molecule has 0 amide bonds. The molecule has 0 aliphatic rings. The Kier molecular flexibility index (Phi) is 7.63. The van der Waals surface area contributed by atoms with Crippen molar-refractivity contribution in [3.8, 4) is 11.1 Å². The van der Waals surface area contributed by atoms with E-state index in [-0.39, 0.29) is 22.2 Å². The lowest BCUT2D eigenvalue weighted by atomic mass is 9.95. The molecule has 4 N–H and O–H groups in total. The number of sulfone groups is 1. The van der Waals surface area contributed by atoms with Gasteiger partial charge in [0.05, 0.1) is 25.5 Å². The highest BCUT2D eigenvalue weighted by Crippen LogP contribution is 2.38. The summed E-state index contributed by atoms with van der Waals surface area (Å²) in [6, 6.07) is 13.7. The zero-order valence-corrected chi connectivity index (χ0v) is 20.7. The van der Waals surface area contributed by atoms with Crippen LogP contribution in [0.5, 0.6) is 0 Å². The highest BCUT2D eigenvalue weighted by molar-refractivity contribution is 8.01. The molecule has 1 atom stereocenters. The molecule has 0 saturated carbocycles. The van der Waals surface area contributed by atoms with Gasteiger partial charge in [0.1, 0.15) is 5.84 Å². The van der Waals surface area contributed by atoms with Crippen molar-refractivity contribution in [2.75, 3.05) is 6.26 Å². The fourth-order valence-electron chi connectivity index (χ4n) is 3.31. The number of hydrogen-bond donors (Lipinski definition) is 3. The highest BCUT2D eigenvalue weighted by atomic mass is 32.2. The topological polar surface area (TPSA) is 131 Å². The van der Waals surface area contributed by atoms with Gasteiger partial charge in [-0.3, -0.25) is 5.41 Å². The molecule has 0 aliphatic carbocycles. The van der Waals surface area contributed by atoms with Crippen molar-refractivity contribution in [3.05, 3.63) is 64.5 Å². The summed E-state index contributed by atoms with van der Waals surface area (Å²) >= 11 is 2.47. The molecular formula is C23H24N2O5S3. The summed E-state index contributed by atoms with van der Waals surface area (Å²) in [5.41, 5.74) is 8.73. The number of hydrogen-bond acceptors (Lipinski definition) is 7. The Hall–Kier alpha value is -2.66. The van der Waals surface area contributed by atoms with Crippen LogP contribution >= 0.6 is 23.1 Å². The normalized spacial score (nSPS) is 12.5. The minimum Gasteiger partial charge on any atom is -0.479 e. The van der Waals surface area contributed by atoms with Crippen LogP contribution in [0.3, 0.4) is 0 Å². The van der Waals surface area contributed by atoms with Crippen molar-refractivity contribution in [1.82, 2.24) is 0 Å². The van der Waals surface area contributed by atoms with Gasteiger partial charge in [-0.1, -0.05) is 30.3 Å². The molecule has 1 unspecified atom stereocenters. The van der Waals surface area contributed by atoms with Crippen molar-refractivity contribution in [1.29, 1.82) is 5.41 Å². The summed E-state index contributed by atoms with van der Waals surface area (Å²) in [4.78, 5) is 11.8. The third-order valence-corrected chi connectivity index (χ3v) is 9.37. The van der Waals surface area contributed by atoms with E-state index in [1.165, 1.54) is 42.2 Å². The van der Waals surface area contributed by atoms with Gasteiger partial charge in [-0.25, -0.2) is 13.2 Å². The minimum absolute atomic E-state index is 0.0740. The predicted molar refractivity (Wildman–Crippen MR) is 131 cm³/mol. The Morgan fingerprint density at radius 3 is 2.58 bits per heavy atom. The third kappa shape index (κ3) is 5.30. The smallest absolute Gasteiger partial charge is 0.332 e. The number of benzene rings is 2. The minimum atomic E-state index is -3.86. The number of carbonyl (C=O) groups is 1. The van der Waals surface area contributed by atoms with Crippen LogP contribution < -0.4 is 5.73 Å². The SMILES string of the molecule is CSc1sc(C(=N)N)cc1S(=O)(=O)c1cccc(-c2c(C)cccc2COC(C)C(=O)O)c1. The van der Waals surface area contributed by atoms with Crippen molar-refractivity contribution >= 4 is 44.7 Å².